The van der Waals surface area contributed by atoms with Gasteiger partial charge < -0.3 is 5.73 Å². The molecule has 1 nitrogen and oxygen atoms in total. The summed E-state index contributed by atoms with van der Waals surface area (Å²) in [6.45, 7) is 2.18. The quantitative estimate of drug-likeness (QED) is 0.638. The predicted octanol–water partition coefficient (Wildman–Crippen LogP) is 2.55. The van der Waals surface area contributed by atoms with Crippen molar-refractivity contribution in [2.24, 2.45) is 23.5 Å². The molecule has 2 aliphatic carbocycles. The number of hydrogen-bond acceptors (Lipinski definition) is 1. The standard InChI is InChI=1S/C11H21N/c1-8(12)10-6-5-9-3-2-4-11(9)7-10/h8-11H,2-7,12H2,1H3. The molecule has 2 fully saturated rings. The van der Waals surface area contributed by atoms with Gasteiger partial charge in [0.1, 0.15) is 0 Å². The smallest absolute Gasteiger partial charge is 0.00388 e. The minimum atomic E-state index is 0.437. The summed E-state index contributed by atoms with van der Waals surface area (Å²) >= 11 is 0. The molecule has 0 aromatic carbocycles. The van der Waals surface area contributed by atoms with E-state index in [2.05, 4.69) is 6.92 Å². The summed E-state index contributed by atoms with van der Waals surface area (Å²) in [7, 11) is 0. The lowest BCUT2D eigenvalue weighted by molar-refractivity contribution is 0.190. The Morgan fingerprint density at radius 1 is 1.08 bits per heavy atom. The van der Waals surface area contributed by atoms with Crippen LogP contribution in [0.25, 0.3) is 0 Å². The van der Waals surface area contributed by atoms with Gasteiger partial charge in [0.15, 0.2) is 0 Å². The molecule has 1 heteroatoms. The first-order valence-electron chi connectivity index (χ1n) is 5.53. The van der Waals surface area contributed by atoms with Crippen molar-refractivity contribution in [1.82, 2.24) is 0 Å². The van der Waals surface area contributed by atoms with Gasteiger partial charge in [-0.05, 0) is 43.9 Å². The molecule has 4 unspecified atom stereocenters. The van der Waals surface area contributed by atoms with Crippen LogP contribution in [0.1, 0.15) is 45.4 Å². The van der Waals surface area contributed by atoms with Crippen molar-refractivity contribution in [2.45, 2.75) is 51.5 Å². The van der Waals surface area contributed by atoms with Crippen LogP contribution in [0.3, 0.4) is 0 Å². The van der Waals surface area contributed by atoms with Gasteiger partial charge in [-0.25, -0.2) is 0 Å². The van der Waals surface area contributed by atoms with E-state index in [-0.39, 0.29) is 0 Å². The van der Waals surface area contributed by atoms with Crippen LogP contribution in [-0.4, -0.2) is 6.04 Å². The second kappa shape index (κ2) is 3.37. The number of fused-ring (bicyclic) bond motifs is 1. The number of hydrogen-bond donors (Lipinski definition) is 1. The van der Waals surface area contributed by atoms with Gasteiger partial charge in [-0.1, -0.05) is 19.3 Å². The third-order valence-corrected chi connectivity index (χ3v) is 4.07. The maximum Gasteiger partial charge on any atom is 0.00388 e. The highest BCUT2D eigenvalue weighted by Gasteiger charge is 2.34. The van der Waals surface area contributed by atoms with Crippen LogP contribution in [0.15, 0.2) is 0 Å². The second-order valence-corrected chi connectivity index (χ2v) is 4.88. The van der Waals surface area contributed by atoms with Crippen molar-refractivity contribution < 1.29 is 0 Å². The molecule has 4 atom stereocenters. The zero-order chi connectivity index (χ0) is 8.55. The Morgan fingerprint density at radius 2 is 1.83 bits per heavy atom. The minimum Gasteiger partial charge on any atom is -0.328 e. The maximum atomic E-state index is 5.95. The Morgan fingerprint density at radius 3 is 2.58 bits per heavy atom. The van der Waals surface area contributed by atoms with Gasteiger partial charge >= 0.3 is 0 Å². The molecule has 2 rings (SSSR count). The first kappa shape index (κ1) is 8.55. The molecule has 0 amide bonds. The van der Waals surface area contributed by atoms with E-state index in [0.29, 0.717) is 6.04 Å². The van der Waals surface area contributed by atoms with Gasteiger partial charge in [-0.2, -0.15) is 0 Å². The molecule has 70 valence electrons. The highest BCUT2D eigenvalue weighted by molar-refractivity contribution is 4.86. The Bertz CT molecular complexity index is 153. The van der Waals surface area contributed by atoms with E-state index < -0.39 is 0 Å². The molecule has 0 radical (unpaired) electrons. The zero-order valence-electron chi connectivity index (χ0n) is 8.13. The van der Waals surface area contributed by atoms with Crippen LogP contribution in [0.5, 0.6) is 0 Å². The largest absolute Gasteiger partial charge is 0.328 e. The third kappa shape index (κ3) is 1.52. The summed E-state index contributed by atoms with van der Waals surface area (Å²) in [6, 6.07) is 0.437. The van der Waals surface area contributed by atoms with Crippen LogP contribution < -0.4 is 5.73 Å². The fourth-order valence-corrected chi connectivity index (χ4v) is 3.22. The normalized spacial score (nSPS) is 44.0. The van der Waals surface area contributed by atoms with Crippen molar-refractivity contribution >= 4 is 0 Å². The first-order chi connectivity index (χ1) is 5.77. The highest BCUT2D eigenvalue weighted by Crippen LogP contribution is 2.44. The Balaban J connectivity index is 1.92. The lowest BCUT2D eigenvalue weighted by atomic mass is 9.74. The summed E-state index contributed by atoms with van der Waals surface area (Å²) in [5.74, 6) is 2.97. The monoisotopic (exact) mass is 167 g/mol. The van der Waals surface area contributed by atoms with E-state index >= 15 is 0 Å². The number of rotatable bonds is 1. The fraction of sp³-hybridized carbons (Fsp3) is 1.00. The van der Waals surface area contributed by atoms with E-state index in [1.165, 1.54) is 38.5 Å². The van der Waals surface area contributed by atoms with Crippen LogP contribution >= 0.6 is 0 Å². The molecule has 0 bridgehead atoms. The molecule has 0 heterocycles. The SMILES string of the molecule is CC(N)C1CCC2CCCC2C1. The number of nitrogens with two attached hydrogens (primary N) is 1. The van der Waals surface area contributed by atoms with Crippen LogP contribution in [0.4, 0.5) is 0 Å². The predicted molar refractivity (Wildman–Crippen MR) is 51.8 cm³/mol. The summed E-state index contributed by atoms with van der Waals surface area (Å²) in [5.41, 5.74) is 5.95. The fourth-order valence-electron chi connectivity index (χ4n) is 3.22. The lowest BCUT2D eigenvalue weighted by Gasteiger charge is -2.33. The molecule has 0 aromatic rings. The first-order valence-corrected chi connectivity index (χ1v) is 5.53. The molecule has 0 spiro atoms. The summed E-state index contributed by atoms with van der Waals surface area (Å²) in [5, 5.41) is 0. The van der Waals surface area contributed by atoms with Gasteiger partial charge in [0, 0.05) is 6.04 Å². The average Bonchev–Trinajstić information content (AvgIpc) is 2.49. The molecule has 0 aliphatic heterocycles. The topological polar surface area (TPSA) is 26.0 Å². The summed E-state index contributed by atoms with van der Waals surface area (Å²) < 4.78 is 0. The van der Waals surface area contributed by atoms with Gasteiger partial charge in [0.25, 0.3) is 0 Å². The van der Waals surface area contributed by atoms with Crippen molar-refractivity contribution in [3.8, 4) is 0 Å². The molecular weight excluding hydrogens is 146 g/mol. The van der Waals surface area contributed by atoms with Gasteiger partial charge in [0.2, 0.25) is 0 Å². The van der Waals surface area contributed by atoms with Crippen LogP contribution in [-0.2, 0) is 0 Å². The summed E-state index contributed by atoms with van der Waals surface area (Å²) in [6.07, 6.45) is 8.79. The molecule has 0 saturated heterocycles. The van der Waals surface area contributed by atoms with E-state index in [9.17, 15) is 0 Å². The maximum absolute atomic E-state index is 5.95. The van der Waals surface area contributed by atoms with Crippen LogP contribution in [0, 0.1) is 17.8 Å². The minimum absolute atomic E-state index is 0.437. The Labute approximate surface area is 75.7 Å². The zero-order valence-corrected chi connectivity index (χ0v) is 8.13. The molecule has 2 aliphatic rings. The molecule has 0 aromatic heterocycles. The van der Waals surface area contributed by atoms with Crippen LogP contribution in [0.2, 0.25) is 0 Å². The highest BCUT2D eigenvalue weighted by atomic mass is 14.6. The lowest BCUT2D eigenvalue weighted by Crippen LogP contribution is -2.32. The van der Waals surface area contributed by atoms with Crippen molar-refractivity contribution in [3.63, 3.8) is 0 Å². The molecular formula is C11H21N. The second-order valence-electron chi connectivity index (χ2n) is 4.88. The van der Waals surface area contributed by atoms with Gasteiger partial charge in [-0.3, -0.25) is 0 Å². The van der Waals surface area contributed by atoms with E-state index in [0.717, 1.165) is 17.8 Å². The van der Waals surface area contributed by atoms with E-state index in [1.807, 2.05) is 0 Å². The van der Waals surface area contributed by atoms with E-state index in [1.54, 1.807) is 0 Å². The van der Waals surface area contributed by atoms with E-state index in [4.69, 9.17) is 5.73 Å². The molecule has 2 N–H and O–H groups in total. The average molecular weight is 167 g/mol. The Kier molecular flexibility index (Phi) is 2.40. The van der Waals surface area contributed by atoms with Gasteiger partial charge in [-0.15, -0.1) is 0 Å². The van der Waals surface area contributed by atoms with Crippen molar-refractivity contribution in [2.75, 3.05) is 0 Å². The Hall–Kier alpha value is -0.0400. The summed E-state index contributed by atoms with van der Waals surface area (Å²) in [4.78, 5) is 0. The molecule has 2 saturated carbocycles. The van der Waals surface area contributed by atoms with Crippen molar-refractivity contribution in [1.29, 1.82) is 0 Å². The third-order valence-electron chi connectivity index (χ3n) is 4.07. The molecule has 12 heavy (non-hydrogen) atoms. The van der Waals surface area contributed by atoms with Crippen molar-refractivity contribution in [3.05, 3.63) is 0 Å². The van der Waals surface area contributed by atoms with Gasteiger partial charge in [0.05, 0.1) is 0 Å².